The average Bonchev–Trinajstić information content (AvgIpc) is 2.51. The largest absolute Gasteiger partial charge is 0.367 e. The van der Waals surface area contributed by atoms with Gasteiger partial charge in [-0.25, -0.2) is 16.8 Å². The van der Waals surface area contributed by atoms with Crippen LogP contribution in [0.2, 0.25) is 0 Å². The van der Waals surface area contributed by atoms with E-state index in [-0.39, 0.29) is 23.0 Å². The molecule has 3 heterocycles. The Labute approximate surface area is 93.8 Å². The molecule has 0 saturated carbocycles. The highest BCUT2D eigenvalue weighted by Crippen LogP contribution is 2.32. The molecule has 3 rings (SSSR count). The summed E-state index contributed by atoms with van der Waals surface area (Å²) in [7, 11) is -6.18. The van der Waals surface area contributed by atoms with Gasteiger partial charge in [0.25, 0.3) is 0 Å². The second-order valence-electron chi connectivity index (χ2n) is 4.58. The van der Waals surface area contributed by atoms with Gasteiger partial charge in [0.05, 0.1) is 47.4 Å². The average molecular weight is 268 g/mol. The number of ether oxygens (including phenoxy) is 2. The molecule has 0 bridgehead atoms. The second kappa shape index (κ2) is 3.18. The Morgan fingerprint density at radius 3 is 1.12 bits per heavy atom. The lowest BCUT2D eigenvalue weighted by Gasteiger charge is -2.33. The minimum Gasteiger partial charge on any atom is -0.367 e. The minimum atomic E-state index is -3.09. The zero-order valence-electron chi connectivity index (χ0n) is 8.40. The summed E-state index contributed by atoms with van der Waals surface area (Å²) in [6.45, 7) is 0. The van der Waals surface area contributed by atoms with Gasteiger partial charge in [-0.2, -0.15) is 0 Å². The minimum absolute atomic E-state index is 0.0546. The molecule has 8 heteroatoms. The Balaban J connectivity index is 1.83. The van der Waals surface area contributed by atoms with Gasteiger partial charge in [0.2, 0.25) is 0 Å². The lowest BCUT2D eigenvalue weighted by Crippen LogP contribution is -2.47. The van der Waals surface area contributed by atoms with Gasteiger partial charge in [-0.1, -0.05) is 0 Å². The summed E-state index contributed by atoms with van der Waals surface area (Å²) in [6.07, 6.45) is -1.95. The summed E-state index contributed by atoms with van der Waals surface area (Å²) in [5, 5.41) is 0. The zero-order valence-corrected chi connectivity index (χ0v) is 10.0. The molecule has 0 N–H and O–H groups in total. The third-order valence-electron chi connectivity index (χ3n) is 3.20. The van der Waals surface area contributed by atoms with Crippen LogP contribution in [0.1, 0.15) is 0 Å². The van der Waals surface area contributed by atoms with Crippen LogP contribution in [-0.2, 0) is 29.1 Å². The van der Waals surface area contributed by atoms with Crippen molar-refractivity contribution in [1.82, 2.24) is 0 Å². The maximum atomic E-state index is 11.4. The molecule has 92 valence electrons. The smallest absolute Gasteiger partial charge is 0.155 e. The van der Waals surface area contributed by atoms with Crippen LogP contribution in [0.3, 0.4) is 0 Å². The first-order valence-electron chi connectivity index (χ1n) is 5.06. The van der Waals surface area contributed by atoms with Gasteiger partial charge in [-0.15, -0.1) is 0 Å². The first-order chi connectivity index (χ1) is 7.35. The number of hydrogen-bond acceptors (Lipinski definition) is 6. The van der Waals surface area contributed by atoms with Crippen LogP contribution in [0.4, 0.5) is 0 Å². The van der Waals surface area contributed by atoms with E-state index >= 15 is 0 Å². The van der Waals surface area contributed by atoms with Gasteiger partial charge in [0.1, 0.15) is 0 Å². The first kappa shape index (κ1) is 10.9. The predicted octanol–water partition coefficient (Wildman–Crippen LogP) is -1.64. The highest BCUT2D eigenvalue weighted by molar-refractivity contribution is 7.92. The quantitative estimate of drug-likeness (QED) is 0.524. The highest BCUT2D eigenvalue weighted by Gasteiger charge is 2.51. The van der Waals surface area contributed by atoms with E-state index in [2.05, 4.69) is 0 Å². The fourth-order valence-corrected chi connectivity index (χ4v) is 5.97. The summed E-state index contributed by atoms with van der Waals surface area (Å²) in [5.41, 5.74) is 0. The van der Waals surface area contributed by atoms with E-state index in [0.717, 1.165) is 0 Å². The molecule has 16 heavy (non-hydrogen) atoms. The molecule has 0 unspecified atom stereocenters. The van der Waals surface area contributed by atoms with Crippen molar-refractivity contribution < 1.29 is 26.3 Å². The maximum Gasteiger partial charge on any atom is 0.155 e. The Hall–Kier alpha value is -0.180. The number of fused-ring (bicyclic) bond motifs is 2. The molecule has 0 aromatic rings. The molecule has 0 radical (unpaired) electrons. The molecule has 0 spiro atoms. The molecule has 3 aliphatic heterocycles. The lowest BCUT2D eigenvalue weighted by molar-refractivity contribution is -0.184. The zero-order chi connectivity index (χ0) is 11.6. The highest BCUT2D eigenvalue weighted by atomic mass is 32.2. The van der Waals surface area contributed by atoms with E-state index in [9.17, 15) is 16.8 Å². The van der Waals surface area contributed by atoms with E-state index < -0.39 is 44.1 Å². The van der Waals surface area contributed by atoms with Gasteiger partial charge in [0, 0.05) is 0 Å². The molecule has 6 nitrogen and oxygen atoms in total. The molecular weight excluding hydrogens is 256 g/mol. The molecule has 0 amide bonds. The van der Waals surface area contributed by atoms with Crippen molar-refractivity contribution in [2.75, 3.05) is 23.0 Å². The summed E-state index contributed by atoms with van der Waals surface area (Å²) < 4.78 is 56.5. The first-order valence-corrected chi connectivity index (χ1v) is 8.71. The van der Waals surface area contributed by atoms with Gasteiger partial charge >= 0.3 is 0 Å². The van der Waals surface area contributed by atoms with Gasteiger partial charge in [-0.3, -0.25) is 0 Å². The number of hydrogen-bond donors (Lipinski definition) is 0. The fraction of sp³-hybridized carbons (Fsp3) is 1.00. The molecule has 4 atom stereocenters. The Morgan fingerprint density at radius 1 is 0.625 bits per heavy atom. The summed E-state index contributed by atoms with van der Waals surface area (Å²) >= 11 is 0. The van der Waals surface area contributed by atoms with Gasteiger partial charge in [-0.05, 0) is 0 Å². The van der Waals surface area contributed by atoms with E-state index in [1.807, 2.05) is 0 Å². The Morgan fingerprint density at radius 2 is 0.875 bits per heavy atom. The van der Waals surface area contributed by atoms with Crippen LogP contribution in [-0.4, -0.2) is 64.3 Å². The van der Waals surface area contributed by atoms with E-state index in [1.165, 1.54) is 0 Å². The summed E-state index contributed by atoms with van der Waals surface area (Å²) in [4.78, 5) is 0. The van der Waals surface area contributed by atoms with Crippen molar-refractivity contribution in [3.05, 3.63) is 0 Å². The maximum absolute atomic E-state index is 11.4. The molecule has 3 fully saturated rings. The molecule has 3 saturated heterocycles. The molecule has 0 aromatic heterocycles. The lowest BCUT2D eigenvalue weighted by atomic mass is 10.1. The van der Waals surface area contributed by atoms with Crippen molar-refractivity contribution in [2.24, 2.45) is 0 Å². The monoisotopic (exact) mass is 268 g/mol. The van der Waals surface area contributed by atoms with Crippen molar-refractivity contribution in [1.29, 1.82) is 0 Å². The molecule has 0 aromatic carbocycles. The van der Waals surface area contributed by atoms with Crippen LogP contribution in [0.15, 0.2) is 0 Å². The summed E-state index contributed by atoms with van der Waals surface area (Å²) in [6, 6.07) is 0. The summed E-state index contributed by atoms with van der Waals surface area (Å²) in [5.74, 6) is -0.219. The van der Waals surface area contributed by atoms with Crippen LogP contribution in [0.25, 0.3) is 0 Å². The number of sulfone groups is 2. The Bertz CT molecular complexity index is 427. The van der Waals surface area contributed by atoms with Crippen molar-refractivity contribution in [3.8, 4) is 0 Å². The topological polar surface area (TPSA) is 86.7 Å². The third-order valence-corrected chi connectivity index (χ3v) is 6.55. The number of rotatable bonds is 0. The van der Waals surface area contributed by atoms with Crippen molar-refractivity contribution in [2.45, 2.75) is 24.4 Å². The fourth-order valence-electron chi connectivity index (χ4n) is 2.52. The van der Waals surface area contributed by atoms with E-state index in [4.69, 9.17) is 9.47 Å². The van der Waals surface area contributed by atoms with Crippen LogP contribution >= 0.6 is 0 Å². The predicted molar refractivity (Wildman–Crippen MR) is 54.6 cm³/mol. The standard InChI is InChI=1S/C8H12O6S2/c9-15(10)1-5-6(2-15)14-8-4-16(11,12)3-7(8)13-5/h5-8H,1-4H2/t5-,6-,7-,8+/m0/s1. The van der Waals surface area contributed by atoms with E-state index in [0.29, 0.717) is 0 Å². The second-order valence-corrected chi connectivity index (χ2v) is 8.89. The van der Waals surface area contributed by atoms with Crippen molar-refractivity contribution >= 4 is 19.7 Å². The Kier molecular flexibility index (Phi) is 2.18. The third kappa shape index (κ3) is 1.77. The van der Waals surface area contributed by atoms with Gasteiger partial charge in [0.15, 0.2) is 19.7 Å². The molecular formula is C8H12O6S2. The normalized spacial score (nSPS) is 48.5. The van der Waals surface area contributed by atoms with E-state index in [1.54, 1.807) is 0 Å². The van der Waals surface area contributed by atoms with Crippen LogP contribution in [0, 0.1) is 0 Å². The SMILES string of the molecule is O=S1(=O)C[C@@H]2O[C@H]3CS(=O)(=O)C[C@H]3O[C@H]2C1. The van der Waals surface area contributed by atoms with Gasteiger partial charge < -0.3 is 9.47 Å². The molecule has 3 aliphatic rings. The van der Waals surface area contributed by atoms with Crippen LogP contribution in [0.5, 0.6) is 0 Å². The van der Waals surface area contributed by atoms with Crippen molar-refractivity contribution in [3.63, 3.8) is 0 Å². The molecule has 0 aliphatic carbocycles. The van der Waals surface area contributed by atoms with Crippen LogP contribution < -0.4 is 0 Å².